The van der Waals surface area contributed by atoms with Crippen molar-refractivity contribution in [2.75, 3.05) is 0 Å². The van der Waals surface area contributed by atoms with E-state index in [1.54, 1.807) is 0 Å². The first-order valence-electron chi connectivity index (χ1n) is 5.07. The maximum Gasteiger partial charge on any atom is 0.0417 e. The SMILES string of the molecule is Cl.NC1(c2cccc3ccccc23)CC1. The highest BCUT2D eigenvalue weighted by molar-refractivity contribution is 5.87. The summed E-state index contributed by atoms with van der Waals surface area (Å²) in [5.41, 5.74) is 7.52. The molecule has 2 heteroatoms. The van der Waals surface area contributed by atoms with Crippen LogP contribution in [0.5, 0.6) is 0 Å². The van der Waals surface area contributed by atoms with Crippen molar-refractivity contribution in [3.63, 3.8) is 0 Å². The second kappa shape index (κ2) is 3.51. The van der Waals surface area contributed by atoms with E-state index in [9.17, 15) is 0 Å². The molecular weight excluding hydrogens is 206 g/mol. The van der Waals surface area contributed by atoms with Crippen LogP contribution in [0, 0.1) is 0 Å². The molecule has 2 aromatic carbocycles. The third-order valence-corrected chi connectivity index (χ3v) is 3.11. The molecule has 1 aliphatic rings. The normalized spacial score (nSPS) is 17.1. The van der Waals surface area contributed by atoms with E-state index in [-0.39, 0.29) is 17.9 Å². The fourth-order valence-electron chi connectivity index (χ4n) is 2.06. The average Bonchev–Trinajstić information content (AvgIpc) is 2.97. The summed E-state index contributed by atoms with van der Waals surface area (Å²) in [7, 11) is 0. The molecule has 3 rings (SSSR count). The molecule has 0 amide bonds. The van der Waals surface area contributed by atoms with Gasteiger partial charge in [-0.1, -0.05) is 42.5 Å². The molecular formula is C13H14ClN. The third kappa shape index (κ3) is 1.62. The molecule has 0 aromatic heterocycles. The quantitative estimate of drug-likeness (QED) is 0.783. The van der Waals surface area contributed by atoms with E-state index < -0.39 is 0 Å². The zero-order chi connectivity index (χ0) is 9.60. The van der Waals surface area contributed by atoms with Crippen LogP contribution < -0.4 is 5.73 Å². The number of benzene rings is 2. The lowest BCUT2D eigenvalue weighted by Crippen LogP contribution is -2.18. The minimum Gasteiger partial charge on any atom is -0.321 e. The molecule has 15 heavy (non-hydrogen) atoms. The van der Waals surface area contributed by atoms with Crippen LogP contribution in [0.1, 0.15) is 18.4 Å². The molecule has 0 aliphatic heterocycles. The topological polar surface area (TPSA) is 26.0 Å². The lowest BCUT2D eigenvalue weighted by Gasteiger charge is -2.12. The maximum atomic E-state index is 6.23. The first-order chi connectivity index (χ1) is 6.80. The van der Waals surface area contributed by atoms with Crippen molar-refractivity contribution in [2.24, 2.45) is 5.73 Å². The maximum absolute atomic E-state index is 6.23. The minimum absolute atomic E-state index is 0. The Hall–Kier alpha value is -1.05. The molecule has 0 radical (unpaired) electrons. The highest BCUT2D eigenvalue weighted by Gasteiger charge is 2.40. The van der Waals surface area contributed by atoms with Gasteiger partial charge in [0, 0.05) is 5.54 Å². The van der Waals surface area contributed by atoms with Crippen LogP contribution in [-0.2, 0) is 5.54 Å². The second-order valence-corrected chi connectivity index (χ2v) is 4.18. The number of hydrogen-bond acceptors (Lipinski definition) is 1. The molecule has 1 saturated carbocycles. The molecule has 78 valence electrons. The van der Waals surface area contributed by atoms with E-state index in [1.165, 1.54) is 16.3 Å². The molecule has 0 atom stereocenters. The number of halogens is 1. The molecule has 1 aliphatic carbocycles. The Morgan fingerprint density at radius 3 is 2.33 bits per heavy atom. The molecule has 0 heterocycles. The summed E-state index contributed by atoms with van der Waals surface area (Å²) in [6.45, 7) is 0. The summed E-state index contributed by atoms with van der Waals surface area (Å²) >= 11 is 0. The summed E-state index contributed by atoms with van der Waals surface area (Å²) in [5.74, 6) is 0. The van der Waals surface area contributed by atoms with Crippen molar-refractivity contribution >= 4 is 23.2 Å². The molecule has 2 N–H and O–H groups in total. The van der Waals surface area contributed by atoms with Gasteiger partial charge < -0.3 is 5.73 Å². The predicted molar refractivity (Wildman–Crippen MR) is 66.3 cm³/mol. The van der Waals surface area contributed by atoms with E-state index in [2.05, 4.69) is 42.5 Å². The third-order valence-electron chi connectivity index (χ3n) is 3.11. The van der Waals surface area contributed by atoms with Gasteiger partial charge in [-0.25, -0.2) is 0 Å². The van der Waals surface area contributed by atoms with Gasteiger partial charge in [-0.3, -0.25) is 0 Å². The van der Waals surface area contributed by atoms with E-state index in [0.717, 1.165) is 12.8 Å². The van der Waals surface area contributed by atoms with Gasteiger partial charge in [0.15, 0.2) is 0 Å². The summed E-state index contributed by atoms with van der Waals surface area (Å²) in [6, 6.07) is 14.9. The monoisotopic (exact) mass is 219 g/mol. The van der Waals surface area contributed by atoms with Gasteiger partial charge in [0.25, 0.3) is 0 Å². The molecule has 2 aromatic rings. The first kappa shape index (κ1) is 10.5. The number of rotatable bonds is 1. The van der Waals surface area contributed by atoms with Gasteiger partial charge in [0.2, 0.25) is 0 Å². The van der Waals surface area contributed by atoms with Crippen molar-refractivity contribution in [1.82, 2.24) is 0 Å². The van der Waals surface area contributed by atoms with Gasteiger partial charge in [-0.2, -0.15) is 0 Å². The molecule has 1 fully saturated rings. The van der Waals surface area contributed by atoms with Crippen LogP contribution in [0.25, 0.3) is 10.8 Å². The van der Waals surface area contributed by atoms with Crippen LogP contribution in [0.15, 0.2) is 42.5 Å². The van der Waals surface area contributed by atoms with Crippen LogP contribution in [0.2, 0.25) is 0 Å². The van der Waals surface area contributed by atoms with Gasteiger partial charge in [-0.15, -0.1) is 12.4 Å². The first-order valence-corrected chi connectivity index (χ1v) is 5.07. The van der Waals surface area contributed by atoms with Gasteiger partial charge in [-0.05, 0) is 29.2 Å². The Labute approximate surface area is 95.7 Å². The Bertz CT molecular complexity index is 483. The van der Waals surface area contributed by atoms with Crippen molar-refractivity contribution in [3.05, 3.63) is 48.0 Å². The zero-order valence-corrected chi connectivity index (χ0v) is 9.26. The van der Waals surface area contributed by atoms with Crippen molar-refractivity contribution in [1.29, 1.82) is 0 Å². The number of hydrogen-bond donors (Lipinski definition) is 1. The summed E-state index contributed by atoms with van der Waals surface area (Å²) in [6.07, 6.45) is 2.25. The van der Waals surface area contributed by atoms with Crippen LogP contribution >= 0.6 is 12.4 Å². The van der Waals surface area contributed by atoms with Crippen molar-refractivity contribution < 1.29 is 0 Å². The molecule has 0 bridgehead atoms. The average molecular weight is 220 g/mol. The lowest BCUT2D eigenvalue weighted by atomic mass is 9.98. The van der Waals surface area contributed by atoms with E-state index in [0.29, 0.717) is 0 Å². The molecule has 0 saturated heterocycles. The van der Waals surface area contributed by atoms with E-state index in [1.807, 2.05) is 0 Å². The Morgan fingerprint density at radius 2 is 1.60 bits per heavy atom. The van der Waals surface area contributed by atoms with Crippen molar-refractivity contribution in [3.8, 4) is 0 Å². The minimum atomic E-state index is -0.0269. The van der Waals surface area contributed by atoms with Crippen LogP contribution in [-0.4, -0.2) is 0 Å². The highest BCUT2D eigenvalue weighted by Crippen LogP contribution is 2.45. The predicted octanol–water partition coefficient (Wildman–Crippen LogP) is 3.21. The van der Waals surface area contributed by atoms with Crippen molar-refractivity contribution in [2.45, 2.75) is 18.4 Å². The highest BCUT2D eigenvalue weighted by atomic mass is 35.5. The Balaban J connectivity index is 0.000000853. The van der Waals surface area contributed by atoms with E-state index in [4.69, 9.17) is 5.73 Å². The fraction of sp³-hybridized carbons (Fsp3) is 0.231. The van der Waals surface area contributed by atoms with Crippen LogP contribution in [0.4, 0.5) is 0 Å². The van der Waals surface area contributed by atoms with Gasteiger partial charge in [0.05, 0.1) is 0 Å². The number of nitrogens with two attached hydrogens (primary N) is 1. The second-order valence-electron chi connectivity index (χ2n) is 4.18. The van der Waals surface area contributed by atoms with E-state index >= 15 is 0 Å². The zero-order valence-electron chi connectivity index (χ0n) is 8.44. The fourth-order valence-corrected chi connectivity index (χ4v) is 2.06. The lowest BCUT2D eigenvalue weighted by molar-refractivity contribution is 0.748. The Kier molecular flexibility index (Phi) is 2.45. The van der Waals surface area contributed by atoms with Gasteiger partial charge >= 0.3 is 0 Å². The largest absolute Gasteiger partial charge is 0.321 e. The summed E-state index contributed by atoms with van der Waals surface area (Å²) < 4.78 is 0. The molecule has 0 spiro atoms. The standard InChI is InChI=1S/C13H13N.ClH/c14-13(8-9-13)12-7-3-5-10-4-1-2-6-11(10)12;/h1-7H,8-9,14H2;1H. The number of fused-ring (bicyclic) bond motifs is 1. The Morgan fingerprint density at radius 1 is 0.933 bits per heavy atom. The summed E-state index contributed by atoms with van der Waals surface area (Å²) in [4.78, 5) is 0. The summed E-state index contributed by atoms with van der Waals surface area (Å²) in [5, 5.41) is 2.61. The molecule has 0 unspecified atom stereocenters. The van der Waals surface area contributed by atoms with Gasteiger partial charge in [0.1, 0.15) is 0 Å². The smallest absolute Gasteiger partial charge is 0.0417 e. The van der Waals surface area contributed by atoms with Crippen LogP contribution in [0.3, 0.4) is 0 Å². The molecule has 1 nitrogen and oxygen atoms in total.